The van der Waals surface area contributed by atoms with Gasteiger partial charge in [0, 0.05) is 24.3 Å². The minimum Gasteiger partial charge on any atom is -0.373 e. The van der Waals surface area contributed by atoms with Gasteiger partial charge in [-0.2, -0.15) is 5.90 Å². The van der Waals surface area contributed by atoms with Gasteiger partial charge in [-0.1, -0.05) is 38.1 Å². The highest BCUT2D eigenvalue weighted by Gasteiger charge is 2.32. The summed E-state index contributed by atoms with van der Waals surface area (Å²) in [5.74, 6) is 14.3. The van der Waals surface area contributed by atoms with Gasteiger partial charge in [-0.05, 0) is 87.2 Å². The standard InChI is InChI=1S/C36H47FN8O6/c1-24(2)17-19-42(32(47)23-43(20-18-33(48)51-40)34(49)26-10-8-11-27(37)21-26)22-31(46)36(4,5)41-28-13-15-29(16-14-28)44(38)35(50)45(39)30-12-7-6-9-25(30)3/h6-16,21,24,41H,17-20,22-23,38-40H2,1-5H3. The number of nitrogens with two attached hydrogens (primary N) is 3. The molecule has 0 unspecified atom stereocenters. The number of halogens is 1. The Balaban J connectivity index is 1.74. The molecule has 14 nitrogen and oxygen atoms in total. The molecule has 4 amide bonds. The van der Waals surface area contributed by atoms with Crippen molar-refractivity contribution in [3.05, 3.63) is 89.7 Å². The van der Waals surface area contributed by atoms with Crippen molar-refractivity contribution >= 4 is 46.7 Å². The second kappa shape index (κ2) is 18.0. The maximum absolute atomic E-state index is 13.9. The molecule has 0 aromatic heterocycles. The normalized spacial score (nSPS) is 11.1. The van der Waals surface area contributed by atoms with E-state index in [1.807, 2.05) is 32.9 Å². The SMILES string of the molecule is Cc1ccccc1N(N)C(=O)N(N)c1ccc(NC(C)(C)C(=O)CN(CCC(C)C)C(=O)CN(CCC(=O)ON)C(=O)c2cccc(F)c2)cc1. The summed E-state index contributed by atoms with van der Waals surface area (Å²) in [4.78, 5) is 72.2. The largest absolute Gasteiger partial charge is 0.373 e. The molecule has 0 saturated heterocycles. The van der Waals surface area contributed by atoms with E-state index in [4.69, 9.17) is 17.6 Å². The average Bonchev–Trinajstić information content (AvgIpc) is 3.10. The lowest BCUT2D eigenvalue weighted by atomic mass is 9.97. The molecule has 3 aromatic carbocycles. The molecule has 274 valence electrons. The summed E-state index contributed by atoms with van der Waals surface area (Å²) in [5.41, 5.74) is 0.998. The molecule has 0 heterocycles. The van der Waals surface area contributed by atoms with Crippen LogP contribution in [-0.2, 0) is 19.2 Å². The van der Waals surface area contributed by atoms with Crippen molar-refractivity contribution in [2.24, 2.45) is 23.5 Å². The zero-order chi connectivity index (χ0) is 37.9. The van der Waals surface area contributed by atoms with Crippen LogP contribution in [0.5, 0.6) is 0 Å². The molecule has 0 bridgehead atoms. The van der Waals surface area contributed by atoms with Gasteiger partial charge in [0.05, 0.1) is 29.9 Å². The summed E-state index contributed by atoms with van der Waals surface area (Å²) < 4.78 is 13.9. The summed E-state index contributed by atoms with van der Waals surface area (Å²) in [6.07, 6.45) is 0.267. The Kier molecular flexibility index (Phi) is 14.2. The van der Waals surface area contributed by atoms with E-state index in [0.717, 1.165) is 26.5 Å². The molecular formula is C36H47FN8O6. The lowest BCUT2D eigenvalue weighted by molar-refractivity contribution is -0.144. The van der Waals surface area contributed by atoms with E-state index in [0.29, 0.717) is 23.5 Å². The van der Waals surface area contributed by atoms with E-state index >= 15 is 0 Å². The van der Waals surface area contributed by atoms with E-state index in [1.54, 1.807) is 50.2 Å². The third-order valence-corrected chi connectivity index (χ3v) is 8.15. The molecule has 0 spiro atoms. The van der Waals surface area contributed by atoms with Crippen LogP contribution in [-0.4, -0.2) is 71.1 Å². The second-order valence-corrected chi connectivity index (χ2v) is 13.0. The second-order valence-electron chi connectivity index (χ2n) is 13.0. The van der Waals surface area contributed by atoms with Crippen LogP contribution in [0.4, 0.5) is 26.2 Å². The van der Waals surface area contributed by atoms with Crippen LogP contribution in [0.2, 0.25) is 0 Å². The predicted molar refractivity (Wildman–Crippen MR) is 192 cm³/mol. The number of hydrogen-bond acceptors (Lipinski definition) is 10. The number of anilines is 3. The highest BCUT2D eigenvalue weighted by molar-refractivity contribution is 6.02. The van der Waals surface area contributed by atoms with Crippen molar-refractivity contribution < 1.29 is 33.2 Å². The average molecular weight is 707 g/mol. The first kappa shape index (κ1) is 40.1. The number of Topliss-reactive ketones (excluding diaryl/α,β-unsaturated/α-hetero) is 1. The Labute approximate surface area is 297 Å². The van der Waals surface area contributed by atoms with Crippen LogP contribution >= 0.6 is 0 Å². The molecule has 0 aliphatic rings. The van der Waals surface area contributed by atoms with E-state index in [9.17, 15) is 28.4 Å². The number of para-hydroxylation sites is 1. The van der Waals surface area contributed by atoms with Crippen LogP contribution in [0.1, 0.15) is 56.5 Å². The van der Waals surface area contributed by atoms with Gasteiger partial charge in [-0.25, -0.2) is 30.9 Å². The molecule has 0 saturated carbocycles. The number of rotatable bonds is 16. The van der Waals surface area contributed by atoms with Crippen molar-refractivity contribution in [3.8, 4) is 0 Å². The highest BCUT2D eigenvalue weighted by atomic mass is 19.1. The third kappa shape index (κ3) is 11.3. The maximum Gasteiger partial charge on any atom is 0.357 e. The third-order valence-electron chi connectivity index (χ3n) is 8.15. The molecule has 0 atom stereocenters. The molecule has 3 aromatic rings. The molecule has 0 radical (unpaired) electrons. The number of benzene rings is 3. The fourth-order valence-electron chi connectivity index (χ4n) is 4.98. The number of amides is 4. The summed E-state index contributed by atoms with van der Waals surface area (Å²) in [6.45, 7) is 8.33. The first-order chi connectivity index (χ1) is 24.0. The zero-order valence-corrected chi connectivity index (χ0v) is 29.6. The molecular weight excluding hydrogens is 659 g/mol. The van der Waals surface area contributed by atoms with Crippen LogP contribution in [0.15, 0.2) is 72.8 Å². The Bertz CT molecular complexity index is 1700. The topological polar surface area (TPSA) is 198 Å². The molecule has 3 rings (SSSR count). The Morgan fingerprint density at radius 1 is 0.863 bits per heavy atom. The summed E-state index contributed by atoms with van der Waals surface area (Å²) >= 11 is 0. The molecule has 0 aliphatic heterocycles. The fourth-order valence-corrected chi connectivity index (χ4v) is 4.98. The smallest absolute Gasteiger partial charge is 0.357 e. The lowest BCUT2D eigenvalue weighted by Crippen LogP contribution is -2.51. The van der Waals surface area contributed by atoms with Gasteiger partial charge in [0.25, 0.3) is 5.91 Å². The number of carbonyl (C=O) groups excluding carboxylic acids is 5. The number of hydrogen-bond donors (Lipinski definition) is 4. The van der Waals surface area contributed by atoms with Crippen molar-refractivity contribution in [1.29, 1.82) is 0 Å². The van der Waals surface area contributed by atoms with Gasteiger partial charge < -0.3 is 20.0 Å². The number of nitrogens with one attached hydrogen (secondary N) is 1. The summed E-state index contributed by atoms with van der Waals surface area (Å²) in [5, 5.41) is 5.04. The number of hydrazine groups is 2. The number of carbonyl (C=O) groups is 5. The van der Waals surface area contributed by atoms with E-state index in [-0.39, 0.29) is 43.3 Å². The fraction of sp³-hybridized carbons (Fsp3) is 0.361. The maximum atomic E-state index is 13.9. The number of urea groups is 1. The first-order valence-electron chi connectivity index (χ1n) is 16.4. The van der Waals surface area contributed by atoms with Crippen LogP contribution in [0.3, 0.4) is 0 Å². The Morgan fingerprint density at radius 2 is 1.53 bits per heavy atom. The highest BCUT2D eigenvalue weighted by Crippen LogP contribution is 2.23. The van der Waals surface area contributed by atoms with Gasteiger partial charge in [0.1, 0.15) is 12.4 Å². The molecule has 0 fully saturated rings. The van der Waals surface area contributed by atoms with Gasteiger partial charge >= 0.3 is 12.0 Å². The van der Waals surface area contributed by atoms with Gasteiger partial charge in [0.2, 0.25) is 5.91 Å². The molecule has 15 heteroatoms. The minimum atomic E-state index is -1.17. The van der Waals surface area contributed by atoms with Crippen molar-refractivity contribution in [2.45, 2.75) is 53.0 Å². The summed E-state index contributed by atoms with van der Waals surface area (Å²) in [7, 11) is 0. The number of nitrogens with zero attached hydrogens (tertiary/aromatic N) is 4. The Morgan fingerprint density at radius 3 is 2.14 bits per heavy atom. The van der Waals surface area contributed by atoms with E-state index in [2.05, 4.69) is 10.2 Å². The van der Waals surface area contributed by atoms with Crippen molar-refractivity contribution in [3.63, 3.8) is 0 Å². The first-order valence-corrected chi connectivity index (χ1v) is 16.4. The van der Waals surface area contributed by atoms with Crippen LogP contribution in [0.25, 0.3) is 0 Å². The van der Waals surface area contributed by atoms with Crippen LogP contribution in [0, 0.1) is 18.7 Å². The Hall–Kier alpha value is -5.38. The van der Waals surface area contributed by atoms with Gasteiger partial charge in [-0.15, -0.1) is 0 Å². The number of ketones is 1. The quantitative estimate of drug-likeness (QED) is 0.0963. The van der Waals surface area contributed by atoms with Gasteiger partial charge in [-0.3, -0.25) is 19.2 Å². The van der Waals surface area contributed by atoms with E-state index in [1.165, 1.54) is 23.1 Å². The monoisotopic (exact) mass is 706 g/mol. The number of aryl methyl sites for hydroxylation is 1. The van der Waals surface area contributed by atoms with E-state index < -0.39 is 41.7 Å². The minimum absolute atomic E-state index is 0.0150. The predicted octanol–water partition coefficient (Wildman–Crippen LogP) is 3.90. The molecule has 7 N–H and O–H groups in total. The summed E-state index contributed by atoms with van der Waals surface area (Å²) in [6, 6.07) is 17.9. The lowest BCUT2D eigenvalue weighted by Gasteiger charge is -2.32. The van der Waals surface area contributed by atoms with Gasteiger partial charge in [0.15, 0.2) is 5.78 Å². The molecule has 0 aliphatic carbocycles. The van der Waals surface area contributed by atoms with Crippen LogP contribution < -0.4 is 32.9 Å². The van der Waals surface area contributed by atoms with Crippen molar-refractivity contribution in [1.82, 2.24) is 9.80 Å². The molecule has 51 heavy (non-hydrogen) atoms. The van der Waals surface area contributed by atoms with Crippen molar-refractivity contribution in [2.75, 3.05) is 41.5 Å². The zero-order valence-electron chi connectivity index (χ0n) is 29.6.